The monoisotopic (exact) mass is 522 g/mol. The van der Waals surface area contributed by atoms with Gasteiger partial charge in [-0.3, -0.25) is 14.4 Å². The molecule has 3 aromatic carbocycles. The first kappa shape index (κ1) is 27.9. The van der Waals surface area contributed by atoms with E-state index in [1.165, 1.54) is 26.2 Å². The van der Waals surface area contributed by atoms with Crippen molar-refractivity contribution in [1.29, 1.82) is 0 Å². The lowest BCUT2D eigenvalue weighted by molar-refractivity contribution is -0.137. The highest BCUT2D eigenvalue weighted by molar-refractivity contribution is 5.97. The number of phenolic OH excluding ortho intramolecular Hbond substituents is 1. The van der Waals surface area contributed by atoms with Gasteiger partial charge in [0.2, 0.25) is 11.7 Å². The van der Waals surface area contributed by atoms with Crippen molar-refractivity contribution in [3.05, 3.63) is 71.8 Å². The average Bonchev–Trinajstić information content (AvgIpc) is 2.91. The summed E-state index contributed by atoms with van der Waals surface area (Å²) in [7, 11) is 4.38. The van der Waals surface area contributed by atoms with Gasteiger partial charge in [-0.25, -0.2) is 0 Å². The molecule has 0 bridgehead atoms. The second kappa shape index (κ2) is 12.5. The molecule has 0 saturated heterocycles. The van der Waals surface area contributed by atoms with E-state index in [1.807, 2.05) is 0 Å². The van der Waals surface area contributed by atoms with Crippen molar-refractivity contribution >= 4 is 17.8 Å². The zero-order valence-corrected chi connectivity index (χ0v) is 21.3. The number of carbonyl (C=O) groups excluding carboxylic acids is 2. The van der Waals surface area contributed by atoms with Crippen LogP contribution < -0.4 is 19.9 Å². The number of methoxy groups -OCH3 is 3. The SMILES string of the molecule is COc1cc(CN(C(=O)c2ccc(-c3ccc(O)cc3)cc2)[C@@H](CCC(=O)O)C(N)=O)cc(OC)c1OC. The van der Waals surface area contributed by atoms with Crippen molar-refractivity contribution < 1.29 is 38.8 Å². The molecule has 2 amide bonds. The summed E-state index contributed by atoms with van der Waals surface area (Å²) in [5.41, 5.74) is 8.13. The van der Waals surface area contributed by atoms with Gasteiger partial charge in [-0.15, -0.1) is 0 Å². The molecule has 10 heteroatoms. The van der Waals surface area contributed by atoms with Gasteiger partial charge < -0.3 is 35.1 Å². The molecule has 0 aliphatic carbocycles. The van der Waals surface area contributed by atoms with Crippen LogP contribution >= 0.6 is 0 Å². The highest BCUT2D eigenvalue weighted by Crippen LogP contribution is 2.38. The fourth-order valence-electron chi connectivity index (χ4n) is 4.08. The minimum Gasteiger partial charge on any atom is -0.508 e. The summed E-state index contributed by atoms with van der Waals surface area (Å²) in [4.78, 5) is 38.7. The molecule has 0 heterocycles. The third-order valence-electron chi connectivity index (χ3n) is 6.01. The Hall–Kier alpha value is -4.73. The number of carboxylic acids is 1. The number of carbonyl (C=O) groups is 3. The second-order valence-corrected chi connectivity index (χ2v) is 8.44. The van der Waals surface area contributed by atoms with Gasteiger partial charge in [0, 0.05) is 18.5 Å². The van der Waals surface area contributed by atoms with Crippen LogP contribution in [0.25, 0.3) is 11.1 Å². The number of nitrogens with zero attached hydrogens (tertiary/aromatic N) is 1. The predicted molar refractivity (Wildman–Crippen MR) is 139 cm³/mol. The quantitative estimate of drug-likeness (QED) is 0.328. The number of hydrogen-bond donors (Lipinski definition) is 3. The molecule has 200 valence electrons. The highest BCUT2D eigenvalue weighted by atomic mass is 16.5. The van der Waals surface area contributed by atoms with Gasteiger partial charge in [0.1, 0.15) is 11.8 Å². The molecular weight excluding hydrogens is 492 g/mol. The second-order valence-electron chi connectivity index (χ2n) is 8.44. The van der Waals surface area contributed by atoms with E-state index in [-0.39, 0.29) is 30.7 Å². The zero-order chi connectivity index (χ0) is 27.8. The molecule has 38 heavy (non-hydrogen) atoms. The molecule has 10 nitrogen and oxygen atoms in total. The number of primary amides is 1. The summed E-state index contributed by atoms with van der Waals surface area (Å²) in [6, 6.07) is 15.4. The summed E-state index contributed by atoms with van der Waals surface area (Å²) >= 11 is 0. The van der Waals surface area contributed by atoms with Crippen molar-refractivity contribution in [1.82, 2.24) is 4.90 Å². The molecule has 0 saturated carbocycles. The number of benzene rings is 3. The van der Waals surface area contributed by atoms with Gasteiger partial charge in [-0.1, -0.05) is 24.3 Å². The fourth-order valence-corrected chi connectivity index (χ4v) is 4.08. The molecule has 0 radical (unpaired) electrons. The Balaban J connectivity index is 2.01. The lowest BCUT2D eigenvalue weighted by Gasteiger charge is -2.30. The number of amides is 2. The van der Waals surface area contributed by atoms with Gasteiger partial charge in [0.25, 0.3) is 5.91 Å². The van der Waals surface area contributed by atoms with Crippen molar-refractivity contribution in [3.8, 4) is 34.1 Å². The lowest BCUT2D eigenvalue weighted by atomic mass is 10.0. The Morgan fingerprint density at radius 1 is 0.868 bits per heavy atom. The largest absolute Gasteiger partial charge is 0.508 e. The average molecular weight is 523 g/mol. The van der Waals surface area contributed by atoms with E-state index in [9.17, 15) is 24.6 Å². The molecule has 0 aromatic heterocycles. The third kappa shape index (κ3) is 6.52. The number of nitrogens with two attached hydrogens (primary N) is 1. The maximum atomic E-state index is 13.7. The van der Waals surface area contributed by atoms with Crippen LogP contribution in [-0.4, -0.2) is 60.3 Å². The first-order valence-electron chi connectivity index (χ1n) is 11.7. The minimum absolute atomic E-state index is 0.0809. The van der Waals surface area contributed by atoms with E-state index >= 15 is 0 Å². The Morgan fingerprint density at radius 2 is 1.39 bits per heavy atom. The van der Waals surface area contributed by atoms with Crippen LogP contribution in [0.15, 0.2) is 60.7 Å². The molecule has 3 aromatic rings. The topological polar surface area (TPSA) is 149 Å². The van der Waals surface area contributed by atoms with Crippen molar-refractivity contribution in [2.45, 2.75) is 25.4 Å². The van der Waals surface area contributed by atoms with Gasteiger partial charge in [-0.2, -0.15) is 0 Å². The Bertz CT molecular complexity index is 1260. The first-order valence-corrected chi connectivity index (χ1v) is 11.7. The van der Waals surface area contributed by atoms with Gasteiger partial charge in [-0.05, 0) is 59.5 Å². The summed E-state index contributed by atoms with van der Waals surface area (Å²) in [5, 5.41) is 18.7. The molecule has 0 aliphatic rings. The van der Waals surface area contributed by atoms with E-state index in [0.717, 1.165) is 11.1 Å². The normalized spacial score (nSPS) is 11.3. The molecule has 0 fully saturated rings. The molecule has 0 aliphatic heterocycles. The number of ether oxygens (including phenoxy) is 3. The third-order valence-corrected chi connectivity index (χ3v) is 6.01. The Morgan fingerprint density at radius 3 is 1.84 bits per heavy atom. The molecule has 1 atom stereocenters. The molecule has 4 N–H and O–H groups in total. The zero-order valence-electron chi connectivity index (χ0n) is 21.3. The van der Waals surface area contributed by atoms with Crippen molar-refractivity contribution in [3.63, 3.8) is 0 Å². The summed E-state index contributed by atoms with van der Waals surface area (Å²) in [5.74, 6) is -1.24. The van der Waals surface area contributed by atoms with Crippen molar-refractivity contribution in [2.24, 2.45) is 5.73 Å². The standard InChI is InChI=1S/C28H30N2O8/c1-36-23-14-17(15-24(37-2)26(23)38-3)16-30(22(27(29)34)12-13-25(32)33)28(35)20-6-4-18(5-7-20)19-8-10-21(31)11-9-19/h4-11,14-15,22,31H,12-13,16H2,1-3H3,(H2,29,34)(H,32,33)/t22-/m0/s1. The van der Waals surface area contributed by atoms with Crippen LogP contribution in [0.3, 0.4) is 0 Å². The number of carboxylic acid groups (broad SMARTS) is 1. The minimum atomic E-state index is -1.19. The summed E-state index contributed by atoms with van der Waals surface area (Å²) < 4.78 is 16.2. The molecule has 3 rings (SSSR count). The van der Waals surface area contributed by atoms with Crippen LogP contribution in [0.2, 0.25) is 0 Å². The van der Waals surface area contributed by atoms with E-state index in [4.69, 9.17) is 19.9 Å². The summed E-state index contributed by atoms with van der Waals surface area (Å²) in [6.45, 7) is -0.0809. The van der Waals surface area contributed by atoms with Crippen LogP contribution in [0.5, 0.6) is 23.0 Å². The Kier molecular flexibility index (Phi) is 9.15. The summed E-state index contributed by atoms with van der Waals surface area (Å²) in [6.07, 6.45) is -0.515. The van der Waals surface area contributed by atoms with Crippen molar-refractivity contribution in [2.75, 3.05) is 21.3 Å². The highest BCUT2D eigenvalue weighted by Gasteiger charge is 2.30. The van der Waals surface area contributed by atoms with Crippen LogP contribution in [0.4, 0.5) is 0 Å². The lowest BCUT2D eigenvalue weighted by Crippen LogP contribution is -2.47. The molecular formula is C28H30N2O8. The number of aliphatic carboxylic acids is 1. The number of phenols is 1. The van der Waals surface area contributed by atoms with E-state index in [0.29, 0.717) is 22.8 Å². The number of rotatable bonds is 12. The number of hydrogen-bond acceptors (Lipinski definition) is 7. The Labute approximate surface area is 220 Å². The maximum absolute atomic E-state index is 13.7. The van der Waals surface area contributed by atoms with E-state index < -0.39 is 23.8 Å². The van der Waals surface area contributed by atoms with Crippen LogP contribution in [0, 0.1) is 0 Å². The van der Waals surface area contributed by atoms with Gasteiger partial charge in [0.05, 0.1) is 21.3 Å². The molecule has 0 unspecified atom stereocenters. The first-order chi connectivity index (χ1) is 18.2. The van der Waals surface area contributed by atoms with E-state index in [1.54, 1.807) is 60.7 Å². The number of aromatic hydroxyl groups is 1. The van der Waals surface area contributed by atoms with E-state index in [2.05, 4.69) is 0 Å². The fraction of sp³-hybridized carbons (Fsp3) is 0.250. The van der Waals surface area contributed by atoms with Gasteiger partial charge >= 0.3 is 5.97 Å². The van der Waals surface area contributed by atoms with Gasteiger partial charge in [0.15, 0.2) is 11.5 Å². The maximum Gasteiger partial charge on any atom is 0.303 e. The predicted octanol–water partition coefficient (Wildman–Crippen LogP) is 3.45. The van der Waals surface area contributed by atoms with Crippen LogP contribution in [0.1, 0.15) is 28.8 Å². The molecule has 0 spiro atoms. The smallest absolute Gasteiger partial charge is 0.303 e. The van der Waals surface area contributed by atoms with Crippen LogP contribution in [-0.2, 0) is 16.1 Å².